The van der Waals surface area contributed by atoms with E-state index in [-0.39, 0.29) is 35.8 Å². The predicted molar refractivity (Wildman–Crippen MR) is 130 cm³/mol. The highest BCUT2D eigenvalue weighted by molar-refractivity contribution is 14.0. The minimum atomic E-state index is -0.183. The molecule has 0 bridgehead atoms. The predicted octanol–water partition coefficient (Wildman–Crippen LogP) is 2.48. The number of guanidine groups is 1. The van der Waals surface area contributed by atoms with E-state index in [1.54, 1.807) is 31.3 Å². The zero-order valence-electron chi connectivity index (χ0n) is 18.0. The number of nitrogens with zero attached hydrogens (tertiary/aromatic N) is 5. The Hall–Kier alpha value is -2.43. The first-order valence-electron chi connectivity index (χ1n) is 10.5. The van der Waals surface area contributed by atoms with E-state index in [4.69, 9.17) is 0 Å². The summed E-state index contributed by atoms with van der Waals surface area (Å²) in [5.41, 5.74) is 2.30. The summed E-state index contributed by atoms with van der Waals surface area (Å²) in [6.07, 6.45) is 6.74. The largest absolute Gasteiger partial charge is 0.356 e. The highest BCUT2D eigenvalue weighted by Gasteiger charge is 2.34. The number of likely N-dealkylation sites (tertiary alicyclic amines) is 1. The summed E-state index contributed by atoms with van der Waals surface area (Å²) >= 11 is 0. The molecule has 0 spiro atoms. The SMILES string of the molecule is CN=C(NCCCCN1C(=O)c2ccccc2C1=O)N1CCC(c2cnn(C)c2)C1.I. The van der Waals surface area contributed by atoms with Gasteiger partial charge in [0.1, 0.15) is 0 Å². The molecule has 1 N–H and O–H groups in total. The molecule has 1 aromatic carbocycles. The topological polar surface area (TPSA) is 82.8 Å². The van der Waals surface area contributed by atoms with Crippen molar-refractivity contribution >= 4 is 41.8 Å². The molecule has 1 fully saturated rings. The second-order valence-electron chi connectivity index (χ2n) is 7.87. The van der Waals surface area contributed by atoms with Crippen molar-refractivity contribution in [2.24, 2.45) is 12.0 Å². The van der Waals surface area contributed by atoms with E-state index in [2.05, 4.69) is 26.5 Å². The molecule has 0 aliphatic carbocycles. The highest BCUT2D eigenvalue weighted by Crippen LogP contribution is 2.26. The molecule has 0 radical (unpaired) electrons. The van der Waals surface area contributed by atoms with Crippen molar-refractivity contribution in [3.05, 3.63) is 53.3 Å². The number of aliphatic imine (C=N–C) groups is 1. The first-order chi connectivity index (χ1) is 14.6. The number of nitrogens with one attached hydrogen (secondary N) is 1. The molecule has 3 heterocycles. The fourth-order valence-electron chi connectivity index (χ4n) is 4.25. The Kier molecular flexibility index (Phi) is 7.69. The number of unbranched alkanes of at least 4 members (excludes halogenated alkanes) is 1. The molecule has 1 aromatic heterocycles. The molecule has 1 atom stereocenters. The third kappa shape index (κ3) is 4.91. The molecular weight excluding hydrogens is 507 g/mol. The van der Waals surface area contributed by atoms with Gasteiger partial charge in [0, 0.05) is 52.4 Å². The third-order valence-corrected chi connectivity index (χ3v) is 5.87. The van der Waals surface area contributed by atoms with Crippen molar-refractivity contribution in [2.45, 2.75) is 25.2 Å². The zero-order chi connectivity index (χ0) is 21.1. The Balaban J connectivity index is 0.00000272. The molecule has 2 aliphatic heterocycles. The molecule has 2 aliphatic rings. The maximum atomic E-state index is 12.4. The number of amides is 2. The van der Waals surface area contributed by atoms with Gasteiger partial charge in [-0.2, -0.15) is 5.10 Å². The number of halogens is 1. The summed E-state index contributed by atoms with van der Waals surface area (Å²) in [5, 5.41) is 7.70. The van der Waals surface area contributed by atoms with Crippen molar-refractivity contribution in [3.63, 3.8) is 0 Å². The van der Waals surface area contributed by atoms with E-state index in [0.717, 1.165) is 44.9 Å². The van der Waals surface area contributed by atoms with Crippen LogP contribution in [-0.2, 0) is 7.05 Å². The number of carbonyl (C=O) groups is 2. The fraction of sp³-hybridized carbons (Fsp3) is 0.455. The van der Waals surface area contributed by atoms with Gasteiger partial charge in [-0.15, -0.1) is 24.0 Å². The normalized spacial score (nSPS) is 18.4. The van der Waals surface area contributed by atoms with Gasteiger partial charge in [-0.3, -0.25) is 24.2 Å². The van der Waals surface area contributed by atoms with Crippen molar-refractivity contribution < 1.29 is 9.59 Å². The lowest BCUT2D eigenvalue weighted by atomic mass is 10.0. The van der Waals surface area contributed by atoms with E-state index in [1.165, 1.54) is 10.5 Å². The van der Waals surface area contributed by atoms with Crippen molar-refractivity contribution in [1.82, 2.24) is 24.9 Å². The quantitative estimate of drug-likeness (QED) is 0.202. The molecule has 9 heteroatoms. The van der Waals surface area contributed by atoms with Crippen molar-refractivity contribution in [3.8, 4) is 0 Å². The zero-order valence-corrected chi connectivity index (χ0v) is 20.3. The average Bonchev–Trinajstić information content (AvgIpc) is 3.46. The Bertz CT molecular complexity index is 937. The molecule has 0 saturated carbocycles. The van der Waals surface area contributed by atoms with E-state index < -0.39 is 0 Å². The summed E-state index contributed by atoms with van der Waals surface area (Å²) in [6, 6.07) is 7.02. The van der Waals surface area contributed by atoms with Gasteiger partial charge in [-0.1, -0.05) is 12.1 Å². The second-order valence-corrected chi connectivity index (χ2v) is 7.87. The van der Waals surface area contributed by atoms with Gasteiger partial charge in [0.15, 0.2) is 5.96 Å². The van der Waals surface area contributed by atoms with E-state index in [0.29, 0.717) is 23.6 Å². The Labute approximate surface area is 199 Å². The molecule has 166 valence electrons. The molecule has 2 aromatic rings. The monoisotopic (exact) mass is 536 g/mol. The Morgan fingerprint density at radius 3 is 2.52 bits per heavy atom. The summed E-state index contributed by atoms with van der Waals surface area (Å²) in [7, 11) is 3.75. The molecule has 4 rings (SSSR count). The lowest BCUT2D eigenvalue weighted by Crippen LogP contribution is -2.40. The van der Waals surface area contributed by atoms with Crippen LogP contribution in [0.15, 0.2) is 41.7 Å². The Morgan fingerprint density at radius 1 is 1.19 bits per heavy atom. The van der Waals surface area contributed by atoms with Crippen LogP contribution in [-0.4, -0.2) is 70.6 Å². The van der Waals surface area contributed by atoms with Gasteiger partial charge in [0.2, 0.25) is 0 Å². The van der Waals surface area contributed by atoms with Crippen LogP contribution in [0.25, 0.3) is 0 Å². The van der Waals surface area contributed by atoms with Gasteiger partial charge in [0.25, 0.3) is 11.8 Å². The van der Waals surface area contributed by atoms with Gasteiger partial charge in [-0.05, 0) is 37.0 Å². The van der Waals surface area contributed by atoms with Gasteiger partial charge in [0.05, 0.1) is 17.3 Å². The number of aryl methyl sites for hydroxylation is 1. The smallest absolute Gasteiger partial charge is 0.261 e. The average molecular weight is 536 g/mol. The standard InChI is InChI=1S/C22H28N6O2.HI/c1-23-22(27-12-9-16(15-27)17-13-25-26(2)14-17)24-10-5-6-11-28-20(29)18-7-3-4-8-19(18)21(28)30;/h3-4,7-8,13-14,16H,5-6,9-12,15H2,1-2H3,(H,23,24);1H. The number of imide groups is 1. The van der Waals surface area contributed by atoms with E-state index >= 15 is 0 Å². The second kappa shape index (κ2) is 10.3. The van der Waals surface area contributed by atoms with Crippen molar-refractivity contribution in [2.75, 3.05) is 33.2 Å². The fourth-order valence-corrected chi connectivity index (χ4v) is 4.25. The molecule has 2 amide bonds. The maximum Gasteiger partial charge on any atom is 0.261 e. The lowest BCUT2D eigenvalue weighted by Gasteiger charge is -2.22. The number of rotatable bonds is 6. The van der Waals surface area contributed by atoms with Gasteiger partial charge in [-0.25, -0.2) is 0 Å². The first kappa shape index (κ1) is 23.2. The maximum absolute atomic E-state index is 12.4. The minimum Gasteiger partial charge on any atom is -0.356 e. The van der Waals surface area contributed by atoms with Crippen LogP contribution in [0.5, 0.6) is 0 Å². The number of aromatic nitrogens is 2. The van der Waals surface area contributed by atoms with Crippen molar-refractivity contribution in [1.29, 1.82) is 0 Å². The molecule has 31 heavy (non-hydrogen) atoms. The van der Waals surface area contributed by atoms with Crippen LogP contribution >= 0.6 is 24.0 Å². The summed E-state index contributed by atoms with van der Waals surface area (Å²) in [6.45, 7) is 3.10. The summed E-state index contributed by atoms with van der Waals surface area (Å²) in [5.74, 6) is 1.02. The highest BCUT2D eigenvalue weighted by atomic mass is 127. The van der Waals surface area contributed by atoms with Crippen LogP contribution in [0.1, 0.15) is 51.5 Å². The first-order valence-corrected chi connectivity index (χ1v) is 10.5. The number of benzene rings is 1. The number of carbonyl (C=O) groups excluding carboxylic acids is 2. The number of hydrogen-bond acceptors (Lipinski definition) is 4. The molecule has 1 saturated heterocycles. The van der Waals surface area contributed by atoms with Crippen LogP contribution in [0.2, 0.25) is 0 Å². The Morgan fingerprint density at radius 2 is 1.90 bits per heavy atom. The number of hydrogen-bond donors (Lipinski definition) is 1. The number of fused-ring (bicyclic) bond motifs is 1. The van der Waals surface area contributed by atoms with Crippen LogP contribution in [0.4, 0.5) is 0 Å². The molecule has 8 nitrogen and oxygen atoms in total. The summed E-state index contributed by atoms with van der Waals surface area (Å²) in [4.78, 5) is 32.9. The van der Waals surface area contributed by atoms with Crippen LogP contribution < -0.4 is 5.32 Å². The lowest BCUT2D eigenvalue weighted by molar-refractivity contribution is 0.0652. The summed E-state index contributed by atoms with van der Waals surface area (Å²) < 4.78 is 1.85. The minimum absolute atomic E-state index is 0. The van der Waals surface area contributed by atoms with Crippen LogP contribution in [0, 0.1) is 0 Å². The molecule has 1 unspecified atom stereocenters. The van der Waals surface area contributed by atoms with E-state index in [9.17, 15) is 9.59 Å². The van der Waals surface area contributed by atoms with Gasteiger partial charge < -0.3 is 10.2 Å². The van der Waals surface area contributed by atoms with E-state index in [1.807, 2.05) is 17.9 Å². The van der Waals surface area contributed by atoms with Crippen LogP contribution in [0.3, 0.4) is 0 Å². The third-order valence-electron chi connectivity index (χ3n) is 5.87. The molecular formula is C22H29IN6O2. The van der Waals surface area contributed by atoms with Gasteiger partial charge >= 0.3 is 0 Å².